The summed E-state index contributed by atoms with van der Waals surface area (Å²) in [5.74, 6) is 0.0983. The summed E-state index contributed by atoms with van der Waals surface area (Å²) in [6.45, 7) is 4.99. The van der Waals surface area contributed by atoms with Crippen molar-refractivity contribution in [2.45, 2.75) is 13.8 Å². The summed E-state index contributed by atoms with van der Waals surface area (Å²) in [6.07, 6.45) is 2.72. The summed E-state index contributed by atoms with van der Waals surface area (Å²) >= 11 is 0. The van der Waals surface area contributed by atoms with Crippen LogP contribution in [0.2, 0.25) is 0 Å². The fourth-order valence-electron chi connectivity index (χ4n) is 2.58. The average Bonchev–Trinajstić information content (AvgIpc) is 2.71. The van der Waals surface area contributed by atoms with Gasteiger partial charge in [0.05, 0.1) is 10.5 Å². The number of ketones is 1. The van der Waals surface area contributed by atoms with Crippen LogP contribution in [0.1, 0.15) is 29.8 Å². The number of nitrogens with zero attached hydrogens (tertiary/aromatic N) is 2. The minimum Gasteiger partial charge on any atom is -0.484 e. The Hall–Kier alpha value is -3.48. The van der Waals surface area contributed by atoms with Crippen molar-refractivity contribution in [2.75, 3.05) is 19.7 Å². The van der Waals surface area contributed by atoms with Crippen molar-refractivity contribution in [3.8, 4) is 5.75 Å². The van der Waals surface area contributed by atoms with E-state index < -0.39 is 4.92 Å². The molecule has 0 aliphatic heterocycles. The van der Waals surface area contributed by atoms with Crippen LogP contribution in [0.15, 0.2) is 54.6 Å². The molecule has 2 rings (SSSR count). The van der Waals surface area contributed by atoms with Crippen molar-refractivity contribution in [3.05, 3.63) is 75.8 Å². The van der Waals surface area contributed by atoms with Crippen molar-refractivity contribution < 1.29 is 19.2 Å². The van der Waals surface area contributed by atoms with E-state index in [4.69, 9.17) is 4.74 Å². The molecule has 0 aliphatic carbocycles. The number of allylic oxidation sites excluding steroid dienone is 1. The van der Waals surface area contributed by atoms with Crippen LogP contribution in [0.25, 0.3) is 6.08 Å². The number of hydrogen-bond acceptors (Lipinski definition) is 5. The van der Waals surface area contributed by atoms with Crippen LogP contribution in [0.5, 0.6) is 5.75 Å². The zero-order chi connectivity index (χ0) is 20.5. The number of likely N-dealkylation sites (N-methyl/N-ethyl adjacent to an activating group) is 1. The van der Waals surface area contributed by atoms with Crippen LogP contribution in [0.4, 0.5) is 5.69 Å². The second kappa shape index (κ2) is 10.0. The summed E-state index contributed by atoms with van der Waals surface area (Å²) < 4.78 is 5.46. The minimum absolute atomic E-state index is 0.0619. The third-order valence-corrected chi connectivity index (χ3v) is 4.17. The van der Waals surface area contributed by atoms with E-state index >= 15 is 0 Å². The molecule has 0 aliphatic rings. The number of carbonyl (C=O) groups excluding carboxylic acids is 2. The van der Waals surface area contributed by atoms with Gasteiger partial charge in [0.15, 0.2) is 12.4 Å². The van der Waals surface area contributed by atoms with E-state index in [9.17, 15) is 19.7 Å². The van der Waals surface area contributed by atoms with Crippen LogP contribution in [0.3, 0.4) is 0 Å². The highest BCUT2D eigenvalue weighted by Gasteiger charge is 2.12. The summed E-state index contributed by atoms with van der Waals surface area (Å²) in [5, 5.41) is 11.0. The lowest BCUT2D eigenvalue weighted by molar-refractivity contribution is -0.385. The van der Waals surface area contributed by atoms with Crippen LogP contribution in [-0.2, 0) is 4.79 Å². The van der Waals surface area contributed by atoms with Gasteiger partial charge >= 0.3 is 0 Å². The molecule has 1 amide bonds. The van der Waals surface area contributed by atoms with Gasteiger partial charge in [0.1, 0.15) is 5.75 Å². The monoisotopic (exact) mass is 382 g/mol. The lowest BCUT2D eigenvalue weighted by Crippen LogP contribution is -2.34. The van der Waals surface area contributed by atoms with Gasteiger partial charge in [0.2, 0.25) is 0 Å². The van der Waals surface area contributed by atoms with Crippen molar-refractivity contribution in [2.24, 2.45) is 0 Å². The van der Waals surface area contributed by atoms with Crippen LogP contribution >= 0.6 is 0 Å². The Labute approximate surface area is 163 Å². The van der Waals surface area contributed by atoms with Crippen molar-refractivity contribution in [1.29, 1.82) is 0 Å². The maximum absolute atomic E-state index is 12.3. The number of carbonyl (C=O) groups is 2. The summed E-state index contributed by atoms with van der Waals surface area (Å²) in [6, 6.07) is 12.6. The van der Waals surface area contributed by atoms with Gasteiger partial charge < -0.3 is 9.64 Å². The van der Waals surface area contributed by atoms with Gasteiger partial charge in [-0.2, -0.15) is 0 Å². The lowest BCUT2D eigenvalue weighted by atomic mass is 10.1. The van der Waals surface area contributed by atoms with Crippen molar-refractivity contribution in [3.63, 3.8) is 0 Å². The molecule has 146 valence electrons. The molecular formula is C21H22N2O5. The molecule has 0 atom stereocenters. The molecule has 0 unspecified atom stereocenters. The van der Waals surface area contributed by atoms with Gasteiger partial charge in [-0.15, -0.1) is 0 Å². The third-order valence-electron chi connectivity index (χ3n) is 4.17. The van der Waals surface area contributed by atoms with E-state index in [0.29, 0.717) is 30.0 Å². The molecule has 2 aromatic carbocycles. The molecule has 0 aromatic heterocycles. The van der Waals surface area contributed by atoms with Gasteiger partial charge in [0.25, 0.3) is 11.6 Å². The first-order chi connectivity index (χ1) is 13.5. The van der Waals surface area contributed by atoms with Gasteiger partial charge in [-0.25, -0.2) is 0 Å². The second-order valence-corrected chi connectivity index (χ2v) is 5.89. The zero-order valence-electron chi connectivity index (χ0n) is 15.8. The largest absolute Gasteiger partial charge is 0.484 e. The Bertz CT molecular complexity index is 871. The number of hydrogen-bond donors (Lipinski definition) is 0. The predicted octanol–water partition coefficient (Wildman–Crippen LogP) is 3.74. The normalized spacial score (nSPS) is 10.6. The van der Waals surface area contributed by atoms with Crippen LogP contribution in [0, 0.1) is 10.1 Å². The molecule has 7 nitrogen and oxygen atoms in total. The average molecular weight is 382 g/mol. The van der Waals surface area contributed by atoms with E-state index in [2.05, 4.69) is 0 Å². The van der Waals surface area contributed by atoms with Gasteiger partial charge in [-0.3, -0.25) is 19.7 Å². The van der Waals surface area contributed by atoms with E-state index in [1.807, 2.05) is 13.8 Å². The number of nitro benzene ring substituents is 1. The molecule has 0 spiro atoms. The smallest absolute Gasteiger partial charge is 0.276 e. The first kappa shape index (κ1) is 20.8. The topological polar surface area (TPSA) is 89.8 Å². The van der Waals surface area contributed by atoms with Gasteiger partial charge in [-0.05, 0) is 56.3 Å². The third kappa shape index (κ3) is 5.51. The van der Waals surface area contributed by atoms with E-state index in [1.165, 1.54) is 18.2 Å². The Morgan fingerprint density at radius 3 is 2.32 bits per heavy atom. The highest BCUT2D eigenvalue weighted by atomic mass is 16.6. The SMILES string of the molecule is CCN(CC)C(=O)COc1ccc(C(=O)/C=C/c2ccccc2[N+](=O)[O-])cc1. The number of rotatable bonds is 9. The van der Waals surface area contributed by atoms with E-state index in [-0.39, 0.29) is 24.0 Å². The Kier molecular flexibility index (Phi) is 7.45. The van der Waals surface area contributed by atoms with Gasteiger partial charge in [0, 0.05) is 24.7 Å². The number of para-hydroxylation sites is 1. The molecule has 0 N–H and O–H groups in total. The fourth-order valence-corrected chi connectivity index (χ4v) is 2.58. The summed E-state index contributed by atoms with van der Waals surface area (Å²) in [4.78, 5) is 36.4. The van der Waals surface area contributed by atoms with Crippen LogP contribution < -0.4 is 4.74 Å². The number of benzene rings is 2. The summed E-state index contributed by atoms with van der Waals surface area (Å²) in [7, 11) is 0. The molecule has 0 heterocycles. The van der Waals surface area contributed by atoms with Gasteiger partial charge in [-0.1, -0.05) is 12.1 Å². The number of ether oxygens (including phenoxy) is 1. The first-order valence-electron chi connectivity index (χ1n) is 8.92. The molecule has 0 saturated carbocycles. The molecule has 0 bridgehead atoms. The Balaban J connectivity index is 2.00. The number of nitro groups is 1. The standard InChI is InChI=1S/C21H22N2O5/c1-3-22(4-2)21(25)15-28-18-12-9-17(10-13-18)20(24)14-11-16-7-5-6-8-19(16)23(26)27/h5-14H,3-4,15H2,1-2H3/b14-11+. The first-order valence-corrected chi connectivity index (χ1v) is 8.92. The maximum Gasteiger partial charge on any atom is 0.276 e. The van der Waals surface area contributed by atoms with E-state index in [0.717, 1.165) is 0 Å². The predicted molar refractivity (Wildman–Crippen MR) is 106 cm³/mol. The Morgan fingerprint density at radius 1 is 1.07 bits per heavy atom. The Morgan fingerprint density at radius 2 is 1.71 bits per heavy atom. The van der Waals surface area contributed by atoms with Crippen molar-refractivity contribution >= 4 is 23.5 Å². The maximum atomic E-state index is 12.3. The molecule has 7 heteroatoms. The molecule has 0 saturated heterocycles. The highest BCUT2D eigenvalue weighted by Crippen LogP contribution is 2.20. The molecule has 2 aromatic rings. The zero-order valence-corrected chi connectivity index (χ0v) is 15.8. The molecule has 0 fully saturated rings. The minimum atomic E-state index is -0.490. The molecule has 0 radical (unpaired) electrons. The highest BCUT2D eigenvalue weighted by molar-refractivity contribution is 6.07. The quantitative estimate of drug-likeness (QED) is 0.285. The summed E-state index contributed by atoms with van der Waals surface area (Å²) in [5.41, 5.74) is 0.709. The molecular weight excluding hydrogens is 360 g/mol. The number of amides is 1. The molecule has 28 heavy (non-hydrogen) atoms. The van der Waals surface area contributed by atoms with Crippen LogP contribution in [-0.4, -0.2) is 41.2 Å². The lowest BCUT2D eigenvalue weighted by Gasteiger charge is -2.18. The second-order valence-electron chi connectivity index (χ2n) is 5.89. The van der Waals surface area contributed by atoms with E-state index in [1.54, 1.807) is 47.4 Å². The van der Waals surface area contributed by atoms with Crippen molar-refractivity contribution in [1.82, 2.24) is 4.90 Å². The fraction of sp³-hybridized carbons (Fsp3) is 0.238.